The first-order chi connectivity index (χ1) is 8.20. The molecule has 0 radical (unpaired) electrons. The highest BCUT2D eigenvalue weighted by Gasteiger charge is 2.27. The second-order valence-corrected chi connectivity index (χ2v) is 4.64. The van der Waals surface area contributed by atoms with Crippen molar-refractivity contribution in [2.45, 2.75) is 25.3 Å². The summed E-state index contributed by atoms with van der Waals surface area (Å²) in [6.45, 7) is 1.78. The number of likely N-dealkylation sites (tertiary alicyclic amines) is 1. The SMILES string of the molecule is CNCC1CCCN1C(=O)Cc1cnn(C)c1. The first kappa shape index (κ1) is 12.1. The largest absolute Gasteiger partial charge is 0.338 e. The minimum atomic E-state index is 0.218. The second-order valence-electron chi connectivity index (χ2n) is 4.64. The van der Waals surface area contributed by atoms with E-state index in [-0.39, 0.29) is 5.91 Å². The van der Waals surface area contributed by atoms with Gasteiger partial charge in [0.25, 0.3) is 0 Å². The number of carbonyl (C=O) groups excluding carboxylic acids is 1. The van der Waals surface area contributed by atoms with Crippen molar-refractivity contribution in [3.8, 4) is 0 Å². The molecule has 94 valence electrons. The monoisotopic (exact) mass is 236 g/mol. The van der Waals surface area contributed by atoms with E-state index >= 15 is 0 Å². The normalized spacial score (nSPS) is 19.9. The Bertz CT molecular complexity index is 388. The number of carbonyl (C=O) groups is 1. The van der Waals surface area contributed by atoms with E-state index in [1.54, 1.807) is 10.9 Å². The number of rotatable bonds is 4. The molecule has 1 amide bonds. The summed E-state index contributed by atoms with van der Waals surface area (Å²) in [5.41, 5.74) is 0.993. The molecule has 2 heterocycles. The lowest BCUT2D eigenvalue weighted by molar-refractivity contribution is -0.131. The van der Waals surface area contributed by atoms with Crippen LogP contribution in [0, 0.1) is 0 Å². The number of likely N-dealkylation sites (N-methyl/N-ethyl adjacent to an activating group) is 1. The van der Waals surface area contributed by atoms with Crippen LogP contribution in [0.1, 0.15) is 18.4 Å². The highest BCUT2D eigenvalue weighted by Crippen LogP contribution is 2.17. The maximum Gasteiger partial charge on any atom is 0.227 e. The van der Waals surface area contributed by atoms with Crippen LogP contribution < -0.4 is 5.32 Å². The molecule has 0 bridgehead atoms. The van der Waals surface area contributed by atoms with E-state index in [1.807, 2.05) is 25.2 Å². The molecular weight excluding hydrogens is 216 g/mol. The van der Waals surface area contributed by atoms with Crippen molar-refractivity contribution >= 4 is 5.91 Å². The van der Waals surface area contributed by atoms with Crippen LogP contribution in [0.5, 0.6) is 0 Å². The van der Waals surface area contributed by atoms with Crippen LogP contribution in [0.4, 0.5) is 0 Å². The van der Waals surface area contributed by atoms with Crippen molar-refractivity contribution in [2.75, 3.05) is 20.1 Å². The third-order valence-electron chi connectivity index (χ3n) is 3.25. The van der Waals surface area contributed by atoms with Crippen LogP contribution in [0.25, 0.3) is 0 Å². The fraction of sp³-hybridized carbons (Fsp3) is 0.667. The Morgan fingerprint density at radius 2 is 2.47 bits per heavy atom. The number of aryl methyl sites for hydroxylation is 1. The van der Waals surface area contributed by atoms with Crippen molar-refractivity contribution in [2.24, 2.45) is 7.05 Å². The van der Waals surface area contributed by atoms with E-state index in [4.69, 9.17) is 0 Å². The van der Waals surface area contributed by atoms with Gasteiger partial charge in [-0.25, -0.2) is 0 Å². The molecule has 1 fully saturated rings. The Morgan fingerprint density at radius 3 is 3.12 bits per heavy atom. The molecule has 0 aliphatic carbocycles. The summed E-state index contributed by atoms with van der Waals surface area (Å²) in [4.78, 5) is 14.2. The molecule has 1 aromatic rings. The second kappa shape index (κ2) is 5.31. The molecule has 1 atom stereocenters. The van der Waals surface area contributed by atoms with Crippen molar-refractivity contribution in [3.05, 3.63) is 18.0 Å². The van der Waals surface area contributed by atoms with Gasteiger partial charge in [-0.1, -0.05) is 0 Å². The number of nitrogens with one attached hydrogen (secondary N) is 1. The van der Waals surface area contributed by atoms with E-state index in [0.29, 0.717) is 12.5 Å². The molecule has 1 aromatic heterocycles. The van der Waals surface area contributed by atoms with Crippen LogP contribution >= 0.6 is 0 Å². The molecule has 17 heavy (non-hydrogen) atoms. The molecule has 0 spiro atoms. The molecule has 0 saturated carbocycles. The molecule has 2 rings (SSSR count). The molecule has 1 N–H and O–H groups in total. The van der Waals surface area contributed by atoms with Gasteiger partial charge in [0.1, 0.15) is 0 Å². The molecule has 1 aliphatic heterocycles. The predicted octanol–water partition coefficient (Wildman–Crippen LogP) is 0.173. The summed E-state index contributed by atoms with van der Waals surface area (Å²) in [5, 5.41) is 7.24. The van der Waals surface area contributed by atoms with Crippen molar-refractivity contribution in [3.63, 3.8) is 0 Å². The van der Waals surface area contributed by atoms with E-state index in [0.717, 1.165) is 31.5 Å². The van der Waals surface area contributed by atoms with Gasteiger partial charge in [-0.2, -0.15) is 5.10 Å². The lowest BCUT2D eigenvalue weighted by atomic mass is 10.2. The summed E-state index contributed by atoms with van der Waals surface area (Å²) in [6, 6.07) is 0.365. The van der Waals surface area contributed by atoms with Gasteiger partial charge in [-0.15, -0.1) is 0 Å². The van der Waals surface area contributed by atoms with Gasteiger partial charge in [-0.3, -0.25) is 9.48 Å². The molecule has 5 nitrogen and oxygen atoms in total. The molecule has 1 unspecified atom stereocenters. The molecule has 1 saturated heterocycles. The topological polar surface area (TPSA) is 50.2 Å². The lowest BCUT2D eigenvalue weighted by Crippen LogP contribution is -2.41. The minimum absolute atomic E-state index is 0.218. The Kier molecular flexibility index (Phi) is 3.78. The van der Waals surface area contributed by atoms with Gasteiger partial charge in [-0.05, 0) is 25.5 Å². The van der Waals surface area contributed by atoms with Crippen molar-refractivity contribution in [1.29, 1.82) is 0 Å². The smallest absolute Gasteiger partial charge is 0.227 e. The summed E-state index contributed by atoms with van der Waals surface area (Å²) in [6.07, 6.45) is 6.36. The Morgan fingerprint density at radius 1 is 1.65 bits per heavy atom. The third-order valence-corrected chi connectivity index (χ3v) is 3.25. The molecular formula is C12H20N4O. The highest BCUT2D eigenvalue weighted by molar-refractivity contribution is 5.79. The first-order valence-corrected chi connectivity index (χ1v) is 6.12. The van der Waals surface area contributed by atoms with E-state index in [2.05, 4.69) is 10.4 Å². The van der Waals surface area contributed by atoms with Gasteiger partial charge < -0.3 is 10.2 Å². The van der Waals surface area contributed by atoms with Crippen LogP contribution in [0.3, 0.4) is 0 Å². The van der Waals surface area contributed by atoms with Gasteiger partial charge in [0, 0.05) is 32.4 Å². The van der Waals surface area contributed by atoms with E-state index in [9.17, 15) is 4.79 Å². The molecule has 5 heteroatoms. The maximum atomic E-state index is 12.2. The van der Waals surface area contributed by atoms with Gasteiger partial charge in [0.2, 0.25) is 5.91 Å². The number of hydrogen-bond donors (Lipinski definition) is 1. The average molecular weight is 236 g/mol. The quantitative estimate of drug-likeness (QED) is 0.811. The maximum absolute atomic E-state index is 12.2. The fourth-order valence-electron chi connectivity index (χ4n) is 2.45. The van der Waals surface area contributed by atoms with E-state index in [1.165, 1.54) is 0 Å². The summed E-state index contributed by atoms with van der Waals surface area (Å²) < 4.78 is 1.73. The van der Waals surface area contributed by atoms with Crippen LogP contribution in [0.2, 0.25) is 0 Å². The van der Waals surface area contributed by atoms with Crippen LogP contribution in [0.15, 0.2) is 12.4 Å². The first-order valence-electron chi connectivity index (χ1n) is 6.12. The number of hydrogen-bond acceptors (Lipinski definition) is 3. The Balaban J connectivity index is 1.95. The Labute approximate surface area is 102 Å². The van der Waals surface area contributed by atoms with Gasteiger partial charge >= 0.3 is 0 Å². The predicted molar refractivity (Wildman–Crippen MR) is 65.6 cm³/mol. The summed E-state index contributed by atoms with van der Waals surface area (Å²) in [7, 11) is 3.80. The molecule has 1 aliphatic rings. The molecule has 0 aromatic carbocycles. The Hall–Kier alpha value is -1.36. The van der Waals surface area contributed by atoms with Gasteiger partial charge in [0.15, 0.2) is 0 Å². The summed E-state index contributed by atoms with van der Waals surface area (Å²) >= 11 is 0. The zero-order valence-electron chi connectivity index (χ0n) is 10.5. The highest BCUT2D eigenvalue weighted by atomic mass is 16.2. The zero-order valence-corrected chi connectivity index (χ0v) is 10.5. The third kappa shape index (κ3) is 2.85. The van der Waals surface area contributed by atoms with Crippen LogP contribution in [-0.4, -0.2) is 46.8 Å². The summed E-state index contributed by atoms with van der Waals surface area (Å²) in [5.74, 6) is 0.218. The van der Waals surface area contributed by atoms with Gasteiger partial charge in [0.05, 0.1) is 12.6 Å². The van der Waals surface area contributed by atoms with E-state index < -0.39 is 0 Å². The van der Waals surface area contributed by atoms with Crippen molar-refractivity contribution in [1.82, 2.24) is 20.0 Å². The average Bonchev–Trinajstić information content (AvgIpc) is 2.88. The zero-order chi connectivity index (χ0) is 12.3. The fourth-order valence-corrected chi connectivity index (χ4v) is 2.45. The number of nitrogens with zero attached hydrogens (tertiary/aromatic N) is 3. The lowest BCUT2D eigenvalue weighted by Gasteiger charge is -2.24. The number of amides is 1. The number of aromatic nitrogens is 2. The van der Waals surface area contributed by atoms with Crippen LogP contribution in [-0.2, 0) is 18.3 Å². The minimum Gasteiger partial charge on any atom is -0.338 e. The van der Waals surface area contributed by atoms with Crippen molar-refractivity contribution < 1.29 is 4.79 Å². The standard InChI is InChI=1S/C12H20N4O/c1-13-8-11-4-3-5-16(11)12(17)6-10-7-14-15(2)9-10/h7,9,11,13H,3-6,8H2,1-2H3.